The van der Waals surface area contributed by atoms with Crippen molar-refractivity contribution in [1.82, 2.24) is 9.88 Å². The first-order valence-electron chi connectivity index (χ1n) is 7.55. The number of anilines is 1. The van der Waals surface area contributed by atoms with Crippen molar-refractivity contribution in [2.24, 2.45) is 0 Å². The third kappa shape index (κ3) is 4.14. The fourth-order valence-electron chi connectivity index (χ4n) is 2.81. The molecule has 1 aromatic heterocycles. The second-order valence-corrected chi connectivity index (χ2v) is 6.43. The zero-order chi connectivity index (χ0) is 17.1. The Morgan fingerprint density at radius 2 is 1.62 bits per heavy atom. The fourth-order valence-corrected chi connectivity index (χ4v) is 3.32. The Labute approximate surface area is 149 Å². The Balaban J connectivity index is 1.58. The maximum atomic E-state index is 10.7. The number of aromatic nitrogens is 1. The quantitative estimate of drug-likeness (QED) is 0.469. The van der Waals surface area contributed by atoms with E-state index < -0.39 is 0 Å². The molecule has 126 valence electrons. The lowest BCUT2D eigenvalue weighted by molar-refractivity contribution is -0.384. The van der Waals surface area contributed by atoms with E-state index in [1.807, 2.05) is 12.1 Å². The van der Waals surface area contributed by atoms with E-state index >= 15 is 0 Å². The third-order valence-corrected chi connectivity index (χ3v) is 4.41. The van der Waals surface area contributed by atoms with E-state index in [0.717, 1.165) is 44.0 Å². The topological polar surface area (TPSA) is 62.5 Å². The second kappa shape index (κ2) is 7.34. The van der Waals surface area contributed by atoms with Crippen molar-refractivity contribution in [2.75, 3.05) is 31.1 Å². The van der Waals surface area contributed by atoms with E-state index in [1.165, 1.54) is 0 Å². The predicted molar refractivity (Wildman–Crippen MR) is 94.8 cm³/mol. The summed E-state index contributed by atoms with van der Waals surface area (Å²) in [6.45, 7) is 4.30. The highest BCUT2D eigenvalue weighted by atomic mass is 35.5. The van der Waals surface area contributed by atoms with Gasteiger partial charge in [-0.05, 0) is 29.8 Å². The van der Waals surface area contributed by atoms with Crippen LogP contribution < -0.4 is 4.90 Å². The lowest BCUT2D eigenvalue weighted by Crippen LogP contribution is -2.45. The van der Waals surface area contributed by atoms with Gasteiger partial charge < -0.3 is 4.90 Å². The standard InChI is InChI=1S/C16H16Cl2N4O2/c17-15-9-12(10-16(18)19-15)11-20-5-7-21(8-6-20)13-1-3-14(4-2-13)22(23)24/h1-4,9-10H,5-8,11H2. The third-order valence-electron chi connectivity index (χ3n) is 4.03. The molecule has 8 heteroatoms. The van der Waals surface area contributed by atoms with Crippen molar-refractivity contribution < 1.29 is 4.92 Å². The van der Waals surface area contributed by atoms with Crippen molar-refractivity contribution >= 4 is 34.6 Å². The number of halogens is 2. The number of hydrogen-bond acceptors (Lipinski definition) is 5. The van der Waals surface area contributed by atoms with Gasteiger partial charge in [-0.3, -0.25) is 15.0 Å². The number of nitrogens with zero attached hydrogens (tertiary/aromatic N) is 4. The van der Waals surface area contributed by atoms with Crippen LogP contribution in [0.3, 0.4) is 0 Å². The summed E-state index contributed by atoms with van der Waals surface area (Å²) < 4.78 is 0. The summed E-state index contributed by atoms with van der Waals surface area (Å²) in [5.41, 5.74) is 2.17. The van der Waals surface area contributed by atoms with Crippen molar-refractivity contribution in [3.63, 3.8) is 0 Å². The molecule has 1 aliphatic rings. The number of hydrogen-bond donors (Lipinski definition) is 0. The van der Waals surface area contributed by atoms with Crippen LogP contribution in [-0.4, -0.2) is 41.0 Å². The van der Waals surface area contributed by atoms with Crippen LogP contribution in [0.5, 0.6) is 0 Å². The minimum Gasteiger partial charge on any atom is -0.369 e. The molecule has 0 aliphatic carbocycles. The average molecular weight is 367 g/mol. The molecule has 2 aromatic rings. The first-order valence-corrected chi connectivity index (χ1v) is 8.30. The lowest BCUT2D eigenvalue weighted by Gasteiger charge is -2.36. The van der Waals surface area contributed by atoms with Crippen LogP contribution in [-0.2, 0) is 6.54 Å². The number of non-ortho nitro benzene ring substituents is 1. The molecule has 0 radical (unpaired) electrons. The normalized spacial score (nSPS) is 15.5. The fraction of sp³-hybridized carbons (Fsp3) is 0.312. The molecule has 0 N–H and O–H groups in total. The van der Waals surface area contributed by atoms with Gasteiger partial charge in [-0.1, -0.05) is 23.2 Å². The molecule has 0 bridgehead atoms. The van der Waals surface area contributed by atoms with Crippen LogP contribution in [0.25, 0.3) is 0 Å². The highest BCUT2D eigenvalue weighted by molar-refractivity contribution is 6.32. The summed E-state index contributed by atoms with van der Waals surface area (Å²) in [7, 11) is 0. The molecule has 1 aromatic carbocycles. The summed E-state index contributed by atoms with van der Waals surface area (Å²) in [6, 6.07) is 10.4. The van der Waals surface area contributed by atoms with Crippen LogP contribution in [0.2, 0.25) is 10.3 Å². The largest absolute Gasteiger partial charge is 0.369 e. The molecule has 2 heterocycles. The van der Waals surface area contributed by atoms with Gasteiger partial charge >= 0.3 is 0 Å². The summed E-state index contributed by atoms with van der Waals surface area (Å²) in [5.74, 6) is 0. The van der Waals surface area contributed by atoms with Gasteiger partial charge in [-0.2, -0.15) is 0 Å². The molecule has 0 amide bonds. The molecule has 0 spiro atoms. The van der Waals surface area contributed by atoms with Crippen LogP contribution in [0, 0.1) is 10.1 Å². The molecule has 1 fully saturated rings. The van der Waals surface area contributed by atoms with Gasteiger partial charge in [-0.15, -0.1) is 0 Å². The molecule has 24 heavy (non-hydrogen) atoms. The number of pyridine rings is 1. The van der Waals surface area contributed by atoms with Crippen LogP contribution in [0.1, 0.15) is 5.56 Å². The monoisotopic (exact) mass is 366 g/mol. The SMILES string of the molecule is O=[N+]([O-])c1ccc(N2CCN(Cc3cc(Cl)nc(Cl)c3)CC2)cc1. The van der Waals surface area contributed by atoms with E-state index in [-0.39, 0.29) is 10.6 Å². The van der Waals surface area contributed by atoms with Crippen molar-refractivity contribution in [3.05, 3.63) is 62.4 Å². The summed E-state index contributed by atoms with van der Waals surface area (Å²) in [6.07, 6.45) is 0. The van der Waals surface area contributed by atoms with Crippen LogP contribution in [0.15, 0.2) is 36.4 Å². The minimum absolute atomic E-state index is 0.115. The smallest absolute Gasteiger partial charge is 0.269 e. The zero-order valence-electron chi connectivity index (χ0n) is 12.9. The van der Waals surface area contributed by atoms with E-state index in [4.69, 9.17) is 23.2 Å². The second-order valence-electron chi connectivity index (χ2n) is 5.66. The van der Waals surface area contributed by atoms with Gasteiger partial charge in [0.1, 0.15) is 10.3 Å². The molecule has 0 atom stereocenters. The average Bonchev–Trinajstić information content (AvgIpc) is 2.55. The number of rotatable bonds is 4. The molecule has 0 saturated carbocycles. The van der Waals surface area contributed by atoms with E-state index in [0.29, 0.717) is 10.3 Å². The Morgan fingerprint density at radius 1 is 1.04 bits per heavy atom. The van der Waals surface area contributed by atoms with E-state index in [1.54, 1.807) is 24.3 Å². The number of nitro benzene ring substituents is 1. The molecule has 3 rings (SSSR count). The Kier molecular flexibility index (Phi) is 5.18. The van der Waals surface area contributed by atoms with Gasteiger partial charge in [0, 0.05) is 50.5 Å². The minimum atomic E-state index is -0.382. The number of benzene rings is 1. The van der Waals surface area contributed by atoms with Crippen molar-refractivity contribution in [1.29, 1.82) is 0 Å². The highest BCUT2D eigenvalue weighted by Crippen LogP contribution is 2.22. The van der Waals surface area contributed by atoms with Crippen LogP contribution in [0.4, 0.5) is 11.4 Å². The zero-order valence-corrected chi connectivity index (χ0v) is 14.4. The molecule has 6 nitrogen and oxygen atoms in total. The van der Waals surface area contributed by atoms with Crippen LogP contribution >= 0.6 is 23.2 Å². The van der Waals surface area contributed by atoms with Gasteiger partial charge in [0.05, 0.1) is 4.92 Å². The molecule has 0 unspecified atom stereocenters. The Hall–Kier alpha value is -1.89. The predicted octanol–water partition coefficient (Wildman–Crippen LogP) is 3.62. The van der Waals surface area contributed by atoms with E-state index in [2.05, 4.69) is 14.8 Å². The van der Waals surface area contributed by atoms with Crippen molar-refractivity contribution in [2.45, 2.75) is 6.54 Å². The van der Waals surface area contributed by atoms with E-state index in [9.17, 15) is 10.1 Å². The summed E-state index contributed by atoms with van der Waals surface area (Å²) >= 11 is 11.9. The number of piperazine rings is 1. The summed E-state index contributed by atoms with van der Waals surface area (Å²) in [5, 5.41) is 11.5. The molecular weight excluding hydrogens is 351 g/mol. The van der Waals surface area contributed by atoms with Gasteiger partial charge in [-0.25, -0.2) is 4.98 Å². The maximum Gasteiger partial charge on any atom is 0.269 e. The molecular formula is C16H16Cl2N4O2. The first kappa shape index (κ1) is 17.0. The Morgan fingerprint density at radius 3 is 2.17 bits per heavy atom. The maximum absolute atomic E-state index is 10.7. The van der Waals surface area contributed by atoms with Gasteiger partial charge in [0.25, 0.3) is 5.69 Å². The molecule has 1 aliphatic heterocycles. The first-order chi connectivity index (χ1) is 11.5. The number of nitro groups is 1. The summed E-state index contributed by atoms with van der Waals surface area (Å²) in [4.78, 5) is 18.8. The highest BCUT2D eigenvalue weighted by Gasteiger charge is 2.18. The van der Waals surface area contributed by atoms with Gasteiger partial charge in [0.2, 0.25) is 0 Å². The van der Waals surface area contributed by atoms with Crippen molar-refractivity contribution in [3.8, 4) is 0 Å². The lowest BCUT2D eigenvalue weighted by atomic mass is 10.2. The van der Waals surface area contributed by atoms with Gasteiger partial charge in [0.15, 0.2) is 0 Å². The Bertz CT molecular complexity index is 711. The molecule has 1 saturated heterocycles.